The molecule has 0 aliphatic rings. The van der Waals surface area contributed by atoms with Crippen LogP contribution in [0.2, 0.25) is 0 Å². The quantitative estimate of drug-likeness (QED) is 0.153. The first kappa shape index (κ1) is 30.3. The SMILES string of the molecule is CC(=O)c1ccc(C)cc1.Cc1ccc(-c2cc(C)[o+]c(-c3ccc(C)cc3)c2)cc1.FB(F)F.[F-]. The van der Waals surface area contributed by atoms with Gasteiger partial charge in [0.15, 0.2) is 5.78 Å². The Hall–Kier alpha value is -3.74. The minimum absolute atomic E-state index is 0. The molecule has 0 bridgehead atoms. The Balaban J connectivity index is 0.000000362. The molecule has 0 saturated carbocycles. The predicted octanol–water partition coefficient (Wildman–Crippen LogP) is 5.90. The van der Waals surface area contributed by atoms with Crippen LogP contribution in [-0.4, -0.2) is 13.3 Å². The summed E-state index contributed by atoms with van der Waals surface area (Å²) in [5.74, 6) is 1.95. The Morgan fingerprint density at radius 3 is 1.44 bits per heavy atom. The molecule has 0 aliphatic carbocycles. The number of carbonyl (C=O) groups excluding carboxylic acids is 1. The Morgan fingerprint density at radius 2 is 1.03 bits per heavy atom. The zero-order chi connectivity index (χ0) is 26.0. The van der Waals surface area contributed by atoms with Crippen molar-refractivity contribution in [2.45, 2.75) is 34.6 Å². The molecule has 0 radical (unpaired) electrons. The second kappa shape index (κ2) is 14.6. The summed E-state index contributed by atoms with van der Waals surface area (Å²) in [6, 6.07) is 28.8. The lowest BCUT2D eigenvalue weighted by Crippen LogP contribution is -3.00. The van der Waals surface area contributed by atoms with Gasteiger partial charge in [-0.3, -0.25) is 17.7 Å². The molecule has 7 heteroatoms. The van der Waals surface area contributed by atoms with Gasteiger partial charge in [0.25, 0.3) is 0 Å². The first-order valence-corrected chi connectivity index (χ1v) is 11.1. The van der Waals surface area contributed by atoms with Gasteiger partial charge in [-0.2, -0.15) is 0 Å². The van der Waals surface area contributed by atoms with Crippen LogP contribution < -0.4 is 4.70 Å². The number of rotatable bonds is 3. The molecule has 0 fully saturated rings. The van der Waals surface area contributed by atoms with Gasteiger partial charge >= 0.3 is 19.1 Å². The van der Waals surface area contributed by atoms with Crippen molar-refractivity contribution in [3.63, 3.8) is 0 Å². The van der Waals surface area contributed by atoms with E-state index in [-0.39, 0.29) is 10.5 Å². The summed E-state index contributed by atoms with van der Waals surface area (Å²) in [6.45, 7) is 9.77. The monoisotopic (exact) mass is 496 g/mol. The van der Waals surface area contributed by atoms with E-state index in [0.29, 0.717) is 0 Å². The second-order valence-corrected chi connectivity index (χ2v) is 8.22. The molecule has 0 amide bonds. The number of halogens is 4. The zero-order valence-corrected chi connectivity index (χ0v) is 21.0. The molecule has 0 unspecified atom stereocenters. The van der Waals surface area contributed by atoms with Gasteiger partial charge in [-0.1, -0.05) is 77.4 Å². The summed E-state index contributed by atoms with van der Waals surface area (Å²) in [5.41, 5.74) is 8.01. The van der Waals surface area contributed by atoms with E-state index in [9.17, 15) is 17.7 Å². The van der Waals surface area contributed by atoms with E-state index in [0.717, 1.165) is 22.6 Å². The maximum atomic E-state index is 10.8. The van der Waals surface area contributed by atoms with Gasteiger partial charge in [0.05, 0.1) is 18.6 Å². The minimum atomic E-state index is -3.67. The first-order chi connectivity index (χ1) is 16.5. The highest BCUT2D eigenvalue weighted by Gasteiger charge is 2.16. The van der Waals surface area contributed by atoms with Crippen molar-refractivity contribution in [1.82, 2.24) is 0 Å². The Kier molecular flexibility index (Phi) is 12.3. The molecule has 0 N–H and O–H groups in total. The van der Waals surface area contributed by atoms with E-state index in [4.69, 9.17) is 4.42 Å². The molecular formula is C29H29BF4O2. The normalized spacial score (nSPS) is 9.56. The number of hydrogen-bond acceptors (Lipinski definition) is 1. The van der Waals surface area contributed by atoms with Gasteiger partial charge in [-0.25, -0.2) is 4.42 Å². The molecule has 1 aromatic heterocycles. The van der Waals surface area contributed by atoms with Gasteiger partial charge in [0.1, 0.15) is 0 Å². The molecule has 0 aliphatic heterocycles. The lowest BCUT2D eigenvalue weighted by atomic mass is 10.0. The molecule has 1 heterocycles. The summed E-state index contributed by atoms with van der Waals surface area (Å²) in [5, 5.41) is 0. The number of hydrogen-bond donors (Lipinski definition) is 0. The van der Waals surface area contributed by atoms with E-state index in [2.05, 4.69) is 74.5 Å². The molecule has 0 saturated heterocycles. The number of benzene rings is 3. The van der Waals surface area contributed by atoms with Crippen molar-refractivity contribution in [3.05, 3.63) is 113 Å². The van der Waals surface area contributed by atoms with Crippen molar-refractivity contribution in [1.29, 1.82) is 0 Å². The average Bonchev–Trinajstić information content (AvgIpc) is 2.80. The highest BCUT2D eigenvalue weighted by Crippen LogP contribution is 2.28. The van der Waals surface area contributed by atoms with E-state index in [1.165, 1.54) is 27.8 Å². The number of Topliss-reactive ketones (excluding diaryl/α,β-unsaturated/α-hetero) is 1. The molecule has 3 aromatic carbocycles. The van der Waals surface area contributed by atoms with Crippen LogP contribution >= 0.6 is 0 Å². The van der Waals surface area contributed by atoms with Crippen LogP contribution in [0.5, 0.6) is 0 Å². The average molecular weight is 496 g/mol. The highest BCUT2D eigenvalue weighted by molar-refractivity contribution is 6.33. The fraction of sp³-hybridized carbons (Fsp3) is 0.172. The lowest BCUT2D eigenvalue weighted by Gasteiger charge is -2.02. The summed E-state index contributed by atoms with van der Waals surface area (Å²) >= 11 is 0. The fourth-order valence-corrected chi connectivity index (χ4v) is 3.20. The molecule has 4 aromatic rings. The summed E-state index contributed by atoms with van der Waals surface area (Å²) in [4.78, 5) is 10.8. The van der Waals surface area contributed by atoms with Crippen molar-refractivity contribution >= 4 is 13.3 Å². The van der Waals surface area contributed by atoms with E-state index < -0.39 is 7.54 Å². The van der Waals surface area contributed by atoms with Crippen molar-refractivity contribution < 1.29 is 26.9 Å². The second-order valence-electron chi connectivity index (χ2n) is 8.22. The third-order valence-electron chi connectivity index (χ3n) is 5.10. The van der Waals surface area contributed by atoms with Crippen LogP contribution in [0.25, 0.3) is 22.5 Å². The van der Waals surface area contributed by atoms with E-state index in [1.807, 2.05) is 38.1 Å². The summed E-state index contributed by atoms with van der Waals surface area (Å²) in [7, 11) is -3.67. The maximum absolute atomic E-state index is 10.8. The van der Waals surface area contributed by atoms with Crippen LogP contribution in [0.4, 0.5) is 12.9 Å². The standard InChI is InChI=1S/C20H19O.C9H10O.BF3.FH/c1-14-4-8-17(9-5-14)19-12-16(3)21-20(13-19)18-10-6-15(2)7-11-18;1-7-3-5-9(6-4-7)8(2)10;2-1(3)4;/h4-13H,1-3H3;3-6H,1-2H3;;1H/q+1;;;/p-1. The van der Waals surface area contributed by atoms with Crippen LogP contribution in [0.15, 0.2) is 89.3 Å². The Bertz CT molecular complexity index is 1160. The van der Waals surface area contributed by atoms with Crippen LogP contribution in [0, 0.1) is 27.7 Å². The number of aryl methyl sites for hydroxylation is 4. The molecule has 0 atom stereocenters. The summed E-state index contributed by atoms with van der Waals surface area (Å²) < 4.78 is 34.9. The van der Waals surface area contributed by atoms with Gasteiger partial charge < -0.3 is 4.70 Å². The van der Waals surface area contributed by atoms with Crippen LogP contribution in [0.3, 0.4) is 0 Å². The molecule has 36 heavy (non-hydrogen) atoms. The highest BCUT2D eigenvalue weighted by atomic mass is 19.4. The number of ketones is 1. The third-order valence-corrected chi connectivity index (χ3v) is 5.10. The Labute approximate surface area is 210 Å². The molecule has 2 nitrogen and oxygen atoms in total. The Morgan fingerprint density at radius 1 is 0.639 bits per heavy atom. The van der Waals surface area contributed by atoms with Gasteiger partial charge in [0.2, 0.25) is 0 Å². The number of carbonyl (C=O) groups is 1. The zero-order valence-electron chi connectivity index (χ0n) is 21.0. The molecule has 188 valence electrons. The van der Waals surface area contributed by atoms with Crippen molar-refractivity contribution in [2.24, 2.45) is 0 Å². The fourth-order valence-electron chi connectivity index (χ4n) is 3.20. The largest absolute Gasteiger partial charge is 1.00 e. The molecule has 0 spiro atoms. The smallest absolute Gasteiger partial charge is 0.762 e. The summed E-state index contributed by atoms with van der Waals surface area (Å²) in [6.07, 6.45) is 0. The van der Waals surface area contributed by atoms with Crippen molar-refractivity contribution in [3.8, 4) is 22.5 Å². The van der Waals surface area contributed by atoms with Crippen LogP contribution in [-0.2, 0) is 0 Å². The minimum Gasteiger partial charge on any atom is -1.00 e. The molecular weight excluding hydrogens is 467 g/mol. The van der Waals surface area contributed by atoms with E-state index >= 15 is 0 Å². The maximum Gasteiger partial charge on any atom is 0.762 e. The van der Waals surface area contributed by atoms with E-state index in [1.54, 1.807) is 6.92 Å². The first-order valence-electron chi connectivity index (χ1n) is 11.1. The van der Waals surface area contributed by atoms with Crippen molar-refractivity contribution in [2.75, 3.05) is 0 Å². The van der Waals surface area contributed by atoms with Crippen LogP contribution in [0.1, 0.15) is 39.7 Å². The lowest BCUT2D eigenvalue weighted by molar-refractivity contribution is -0.0000186. The third kappa shape index (κ3) is 10.3. The topological polar surface area (TPSA) is 28.4 Å². The van der Waals surface area contributed by atoms with Gasteiger partial charge in [0, 0.05) is 17.2 Å². The molecule has 4 rings (SSSR count). The van der Waals surface area contributed by atoms with Gasteiger partial charge in [-0.05, 0) is 45.4 Å². The van der Waals surface area contributed by atoms with Gasteiger partial charge in [-0.15, -0.1) is 0 Å². The predicted molar refractivity (Wildman–Crippen MR) is 138 cm³/mol.